The van der Waals surface area contributed by atoms with E-state index in [1.54, 1.807) is 0 Å². The van der Waals surface area contributed by atoms with Gasteiger partial charge in [-0.25, -0.2) is 0 Å². The predicted octanol–water partition coefficient (Wildman–Crippen LogP) is 10.4. The highest BCUT2D eigenvalue weighted by atomic mass is 14.6. The highest BCUT2D eigenvalue weighted by Gasteiger charge is 2.56. The Balaban J connectivity index is 0. The minimum atomic E-state index is 0. The van der Waals surface area contributed by atoms with Crippen LogP contribution in [-0.4, -0.2) is 0 Å². The zero-order valence-electron chi connectivity index (χ0n) is 21.3. The Labute approximate surface area is 182 Å². The summed E-state index contributed by atoms with van der Waals surface area (Å²) in [5, 5.41) is 0. The summed E-state index contributed by atoms with van der Waals surface area (Å²) >= 11 is 0. The molecule has 0 heteroatoms. The number of fused-ring (bicyclic) bond motifs is 1. The molecule has 0 heterocycles. The molecule has 0 aromatic rings. The largest absolute Gasteiger partial charge is 0.0776 e. The molecule has 2 rings (SSSR count). The molecule has 2 saturated carbocycles. The van der Waals surface area contributed by atoms with E-state index in [0.717, 1.165) is 29.6 Å². The van der Waals surface area contributed by atoms with Crippen LogP contribution in [-0.2, 0) is 0 Å². The lowest BCUT2D eigenvalue weighted by Crippen LogP contribution is -2.47. The average Bonchev–Trinajstić information content (AvgIpc) is 3.02. The van der Waals surface area contributed by atoms with E-state index in [1.165, 1.54) is 57.8 Å². The summed E-state index contributed by atoms with van der Waals surface area (Å²) in [5.41, 5.74) is 1.24. The third-order valence-corrected chi connectivity index (χ3v) is 8.32. The van der Waals surface area contributed by atoms with Crippen LogP contribution in [0.15, 0.2) is 0 Å². The van der Waals surface area contributed by atoms with Gasteiger partial charge in [0.15, 0.2) is 0 Å². The van der Waals surface area contributed by atoms with E-state index in [-0.39, 0.29) is 7.43 Å². The van der Waals surface area contributed by atoms with Gasteiger partial charge >= 0.3 is 0 Å². The first kappa shape index (κ1) is 30.2. The van der Waals surface area contributed by atoms with Crippen LogP contribution in [0.4, 0.5) is 0 Å². The summed E-state index contributed by atoms with van der Waals surface area (Å²) in [4.78, 5) is 0. The third-order valence-electron chi connectivity index (χ3n) is 8.32. The summed E-state index contributed by atoms with van der Waals surface area (Å²) in [6, 6.07) is 0. The zero-order chi connectivity index (χ0) is 21.3. The van der Waals surface area contributed by atoms with Gasteiger partial charge in [-0.15, -0.1) is 0 Å². The second kappa shape index (κ2) is 14.1. The highest BCUT2D eigenvalue weighted by Crippen LogP contribution is 2.64. The fourth-order valence-corrected chi connectivity index (χ4v) is 7.50. The SMILES string of the molecule is C.CC.CC.CCCC(C)(CCC)C1CCC2(C)C(C(C)C)CCC2C1CC. The predicted molar refractivity (Wildman–Crippen MR) is 133 cm³/mol. The minimum absolute atomic E-state index is 0. The summed E-state index contributed by atoms with van der Waals surface area (Å²) in [5.74, 6) is 4.83. The molecule has 2 aliphatic carbocycles. The Morgan fingerprint density at radius 3 is 1.79 bits per heavy atom. The number of rotatable bonds is 7. The van der Waals surface area contributed by atoms with Gasteiger partial charge in [0.2, 0.25) is 0 Å². The lowest BCUT2D eigenvalue weighted by molar-refractivity contribution is -0.0538. The molecule has 0 nitrogen and oxygen atoms in total. The van der Waals surface area contributed by atoms with Gasteiger partial charge in [-0.05, 0) is 78.9 Å². The van der Waals surface area contributed by atoms with Crippen molar-refractivity contribution in [1.29, 1.82) is 0 Å². The molecule has 5 unspecified atom stereocenters. The molecule has 0 radical (unpaired) electrons. The number of hydrogen-bond acceptors (Lipinski definition) is 0. The second-order valence-corrected chi connectivity index (χ2v) is 9.91. The van der Waals surface area contributed by atoms with Gasteiger partial charge in [-0.3, -0.25) is 0 Å². The van der Waals surface area contributed by atoms with E-state index in [4.69, 9.17) is 0 Å². The van der Waals surface area contributed by atoms with Crippen molar-refractivity contribution in [3.05, 3.63) is 0 Å². The summed E-state index contributed by atoms with van der Waals surface area (Å²) in [7, 11) is 0. The quantitative estimate of drug-likeness (QED) is 0.401. The van der Waals surface area contributed by atoms with Crippen molar-refractivity contribution in [2.45, 2.75) is 141 Å². The maximum absolute atomic E-state index is 2.67. The standard InChI is InChI=1S/C23H44.2C2H6.CH4/c1-8-14-22(6,15-9-2)20-13-16-23(7)19(17(4)5)11-12-21(23)18(20)10-3;2*1-2;/h17-21H,8-16H2,1-7H3;2*1-2H3;1H4. The Kier molecular flexibility index (Phi) is 15.2. The molecule has 2 fully saturated rings. The molecule has 0 amide bonds. The lowest BCUT2D eigenvalue weighted by Gasteiger charge is -2.54. The van der Waals surface area contributed by atoms with Crippen molar-refractivity contribution in [2.24, 2.45) is 40.4 Å². The van der Waals surface area contributed by atoms with E-state index in [2.05, 4.69) is 48.5 Å². The zero-order valence-corrected chi connectivity index (χ0v) is 21.3. The van der Waals surface area contributed by atoms with E-state index < -0.39 is 0 Å². The van der Waals surface area contributed by atoms with Crippen LogP contribution in [0.2, 0.25) is 0 Å². The van der Waals surface area contributed by atoms with Gasteiger partial charge in [0.05, 0.1) is 0 Å². The summed E-state index contributed by atoms with van der Waals surface area (Å²) in [6.45, 7) is 25.5. The Hall–Kier alpha value is 0. The second-order valence-electron chi connectivity index (χ2n) is 9.91. The Bertz CT molecular complexity index is 362. The maximum Gasteiger partial charge on any atom is -0.0264 e. The molecule has 5 atom stereocenters. The van der Waals surface area contributed by atoms with Crippen LogP contribution in [0.3, 0.4) is 0 Å². The fourth-order valence-electron chi connectivity index (χ4n) is 7.50. The molecule has 0 saturated heterocycles. The van der Waals surface area contributed by atoms with Crippen molar-refractivity contribution >= 4 is 0 Å². The smallest absolute Gasteiger partial charge is 0.0264 e. The first-order valence-electron chi connectivity index (χ1n) is 12.8. The lowest BCUT2D eigenvalue weighted by atomic mass is 9.50. The van der Waals surface area contributed by atoms with Crippen LogP contribution in [0.5, 0.6) is 0 Å². The van der Waals surface area contributed by atoms with Gasteiger partial charge in [0.25, 0.3) is 0 Å². The average molecular weight is 397 g/mol. The van der Waals surface area contributed by atoms with Crippen molar-refractivity contribution in [1.82, 2.24) is 0 Å². The van der Waals surface area contributed by atoms with Gasteiger partial charge in [-0.1, -0.05) is 103 Å². The van der Waals surface area contributed by atoms with Crippen LogP contribution in [0.25, 0.3) is 0 Å². The first-order valence-corrected chi connectivity index (χ1v) is 12.8. The first-order chi connectivity index (χ1) is 12.8. The molecule has 172 valence electrons. The monoisotopic (exact) mass is 396 g/mol. The van der Waals surface area contributed by atoms with E-state index in [9.17, 15) is 0 Å². The van der Waals surface area contributed by atoms with Crippen molar-refractivity contribution in [3.8, 4) is 0 Å². The topological polar surface area (TPSA) is 0 Å². The molecule has 0 aromatic carbocycles. The normalized spacial score (nSPS) is 31.7. The number of hydrogen-bond donors (Lipinski definition) is 0. The van der Waals surface area contributed by atoms with E-state index in [0.29, 0.717) is 10.8 Å². The van der Waals surface area contributed by atoms with Crippen molar-refractivity contribution in [3.63, 3.8) is 0 Å². The molecular formula is C28H60. The van der Waals surface area contributed by atoms with Crippen molar-refractivity contribution < 1.29 is 0 Å². The van der Waals surface area contributed by atoms with Gasteiger partial charge in [-0.2, -0.15) is 0 Å². The summed E-state index contributed by atoms with van der Waals surface area (Å²) < 4.78 is 0. The molecule has 0 aliphatic heterocycles. The van der Waals surface area contributed by atoms with Crippen LogP contribution < -0.4 is 0 Å². The molecule has 0 N–H and O–H groups in total. The van der Waals surface area contributed by atoms with Gasteiger partial charge in [0.1, 0.15) is 0 Å². The molecular weight excluding hydrogens is 336 g/mol. The summed E-state index contributed by atoms with van der Waals surface area (Å²) in [6.07, 6.45) is 13.1. The van der Waals surface area contributed by atoms with Crippen LogP contribution in [0, 0.1) is 40.4 Å². The van der Waals surface area contributed by atoms with Gasteiger partial charge in [0, 0.05) is 0 Å². The van der Waals surface area contributed by atoms with Crippen LogP contribution >= 0.6 is 0 Å². The maximum atomic E-state index is 2.67. The fraction of sp³-hybridized carbons (Fsp3) is 1.00. The van der Waals surface area contributed by atoms with Crippen molar-refractivity contribution in [2.75, 3.05) is 0 Å². The van der Waals surface area contributed by atoms with Crippen LogP contribution in [0.1, 0.15) is 141 Å². The molecule has 0 aromatic heterocycles. The van der Waals surface area contributed by atoms with E-state index >= 15 is 0 Å². The minimum Gasteiger partial charge on any atom is -0.0776 e. The Morgan fingerprint density at radius 2 is 1.39 bits per heavy atom. The molecule has 28 heavy (non-hydrogen) atoms. The van der Waals surface area contributed by atoms with E-state index in [1.807, 2.05) is 27.7 Å². The molecule has 0 spiro atoms. The highest BCUT2D eigenvalue weighted by molar-refractivity contribution is 5.05. The third kappa shape index (κ3) is 6.25. The Morgan fingerprint density at radius 1 is 0.893 bits per heavy atom. The van der Waals surface area contributed by atoms with Gasteiger partial charge < -0.3 is 0 Å². The molecule has 2 aliphatic rings. The molecule has 0 bridgehead atoms.